The van der Waals surface area contributed by atoms with Crippen molar-refractivity contribution in [2.24, 2.45) is 0 Å². The molecule has 0 bridgehead atoms. The number of aryl methyl sites for hydroxylation is 1. The molecule has 0 spiro atoms. The number of nitrogens with zero attached hydrogens (tertiary/aromatic N) is 1. The van der Waals surface area contributed by atoms with Gasteiger partial charge in [-0.15, -0.1) is 0 Å². The minimum absolute atomic E-state index is 0.259. The van der Waals surface area contributed by atoms with Crippen molar-refractivity contribution >= 4 is 17.9 Å². The van der Waals surface area contributed by atoms with E-state index in [0.717, 1.165) is 41.5 Å². The molecule has 3 rings (SSSR count). The van der Waals surface area contributed by atoms with Crippen LogP contribution >= 0.6 is 0 Å². The minimum atomic E-state index is -0.932. The summed E-state index contributed by atoms with van der Waals surface area (Å²) >= 11 is 0. The van der Waals surface area contributed by atoms with E-state index in [2.05, 4.69) is 17.6 Å². The maximum Gasteiger partial charge on any atom is 0.408 e. The number of benzene rings is 3. The zero-order chi connectivity index (χ0) is 30.5. The lowest BCUT2D eigenvalue weighted by Crippen LogP contribution is -2.54. The topological polar surface area (TPSA) is 87.7 Å². The molecule has 0 aromatic heterocycles. The Morgan fingerprint density at radius 3 is 2.10 bits per heavy atom. The van der Waals surface area contributed by atoms with E-state index in [-0.39, 0.29) is 18.2 Å². The molecule has 0 saturated heterocycles. The Balaban J connectivity index is 2.01. The van der Waals surface area contributed by atoms with Crippen molar-refractivity contribution in [3.8, 4) is 0 Å². The number of nitrogens with one attached hydrogen (secondary N) is 2. The summed E-state index contributed by atoms with van der Waals surface area (Å²) in [4.78, 5) is 43.1. The number of amides is 3. The van der Waals surface area contributed by atoms with Crippen molar-refractivity contribution in [2.75, 3.05) is 6.54 Å². The van der Waals surface area contributed by atoms with Gasteiger partial charge in [0.25, 0.3) is 0 Å². The Bertz CT molecular complexity index is 1290. The molecule has 3 aromatic carbocycles. The van der Waals surface area contributed by atoms with Crippen LogP contribution in [0.5, 0.6) is 0 Å². The molecule has 3 aromatic rings. The molecule has 2 unspecified atom stereocenters. The molecule has 2 atom stereocenters. The summed E-state index contributed by atoms with van der Waals surface area (Å²) in [6.07, 6.45) is 2.17. The summed E-state index contributed by atoms with van der Waals surface area (Å²) in [6, 6.07) is 25.1. The van der Waals surface area contributed by atoms with Gasteiger partial charge in [0.1, 0.15) is 17.7 Å². The Hall–Kier alpha value is -4.13. The molecule has 0 aliphatic heterocycles. The maximum absolute atomic E-state index is 14.5. The first-order chi connectivity index (χ1) is 20.1. The second-order valence-corrected chi connectivity index (χ2v) is 11.6. The molecule has 7 heteroatoms. The van der Waals surface area contributed by atoms with E-state index in [1.807, 2.05) is 91.9 Å². The predicted molar refractivity (Wildman–Crippen MR) is 167 cm³/mol. The summed E-state index contributed by atoms with van der Waals surface area (Å²) in [5, 5.41) is 5.88. The number of hydrogen-bond donors (Lipinski definition) is 2. The fourth-order valence-electron chi connectivity index (χ4n) is 4.79. The number of rotatable bonds is 13. The van der Waals surface area contributed by atoms with Crippen molar-refractivity contribution in [2.45, 2.75) is 84.5 Å². The molecule has 2 N–H and O–H groups in total. The van der Waals surface area contributed by atoms with E-state index in [1.165, 1.54) is 0 Å². The first kappa shape index (κ1) is 32.4. The van der Waals surface area contributed by atoms with Gasteiger partial charge in [-0.25, -0.2) is 4.79 Å². The number of alkyl carbamates (subject to hydrolysis) is 1. The van der Waals surface area contributed by atoms with Crippen molar-refractivity contribution in [3.05, 3.63) is 107 Å². The second-order valence-electron chi connectivity index (χ2n) is 11.6. The van der Waals surface area contributed by atoms with Gasteiger partial charge >= 0.3 is 6.09 Å². The Labute approximate surface area is 250 Å². The second kappa shape index (κ2) is 15.8. The third kappa shape index (κ3) is 10.4. The van der Waals surface area contributed by atoms with Gasteiger partial charge < -0.3 is 20.3 Å². The molecule has 0 heterocycles. The minimum Gasteiger partial charge on any atom is -0.444 e. The van der Waals surface area contributed by atoms with Gasteiger partial charge in [0.05, 0.1) is 0 Å². The summed E-state index contributed by atoms with van der Waals surface area (Å²) in [7, 11) is 0. The molecule has 42 heavy (non-hydrogen) atoms. The number of unbranched alkanes of at least 4 members (excludes halogenated alkanes) is 2. The van der Waals surface area contributed by atoms with Crippen molar-refractivity contribution in [1.29, 1.82) is 0 Å². The Morgan fingerprint density at radius 1 is 0.857 bits per heavy atom. The zero-order valence-corrected chi connectivity index (χ0v) is 25.6. The molecule has 7 nitrogen and oxygen atoms in total. The lowest BCUT2D eigenvalue weighted by atomic mass is 9.98. The van der Waals surface area contributed by atoms with Gasteiger partial charge in [-0.05, 0) is 50.8 Å². The van der Waals surface area contributed by atoms with Crippen molar-refractivity contribution in [3.63, 3.8) is 0 Å². The zero-order valence-electron chi connectivity index (χ0n) is 25.6. The van der Waals surface area contributed by atoms with Gasteiger partial charge in [-0.3, -0.25) is 9.59 Å². The van der Waals surface area contributed by atoms with Gasteiger partial charge in [0.15, 0.2) is 0 Å². The standard InChI is InChI=1S/C35H45N3O4/c1-6-7-14-22-38(33(40)30(24-27-17-10-8-11-18-27)37-34(41)42-35(3,4)5)31(29-21-15-16-26(2)23-29)32(39)36-25-28-19-12-9-13-20-28/h8-13,15-21,23,30-31H,6-7,14,22,24-25H2,1-5H3,(H,36,39)(H,37,41). The van der Waals surface area contributed by atoms with Crippen LogP contribution in [0.1, 0.15) is 75.3 Å². The fourth-order valence-corrected chi connectivity index (χ4v) is 4.79. The van der Waals surface area contributed by atoms with E-state index in [0.29, 0.717) is 13.1 Å². The number of carbonyl (C=O) groups excluding carboxylic acids is 3. The highest BCUT2D eigenvalue weighted by Crippen LogP contribution is 2.25. The predicted octanol–water partition coefficient (Wildman–Crippen LogP) is 6.51. The van der Waals surface area contributed by atoms with E-state index >= 15 is 0 Å². The molecule has 224 valence electrons. The number of ether oxygens (including phenoxy) is 1. The highest BCUT2D eigenvalue weighted by molar-refractivity contribution is 5.92. The monoisotopic (exact) mass is 571 g/mol. The average Bonchev–Trinajstić information content (AvgIpc) is 2.95. The lowest BCUT2D eigenvalue weighted by Gasteiger charge is -2.35. The molecule has 0 aliphatic rings. The Kier molecular flexibility index (Phi) is 12.1. The van der Waals surface area contributed by atoms with Crippen LogP contribution < -0.4 is 10.6 Å². The summed E-state index contributed by atoms with van der Waals surface area (Å²) in [5.74, 6) is -0.604. The van der Waals surface area contributed by atoms with Crippen molar-refractivity contribution in [1.82, 2.24) is 15.5 Å². The average molecular weight is 572 g/mol. The summed E-state index contributed by atoms with van der Waals surface area (Å²) in [6.45, 7) is 10.1. The van der Waals surface area contributed by atoms with Crippen molar-refractivity contribution < 1.29 is 19.1 Å². The lowest BCUT2D eigenvalue weighted by molar-refractivity contribution is -0.142. The molecule has 0 aliphatic carbocycles. The van der Waals surface area contributed by atoms with Crippen LogP contribution in [0.15, 0.2) is 84.9 Å². The largest absolute Gasteiger partial charge is 0.444 e. The van der Waals surface area contributed by atoms with Gasteiger partial charge in [-0.1, -0.05) is 110 Å². The third-order valence-electron chi connectivity index (χ3n) is 6.78. The van der Waals surface area contributed by atoms with Gasteiger partial charge in [-0.2, -0.15) is 0 Å². The molecule has 3 amide bonds. The van der Waals surface area contributed by atoms with Crippen LogP contribution in [0.3, 0.4) is 0 Å². The third-order valence-corrected chi connectivity index (χ3v) is 6.78. The highest BCUT2D eigenvalue weighted by atomic mass is 16.6. The van der Waals surface area contributed by atoms with E-state index in [1.54, 1.807) is 25.7 Å². The molecular weight excluding hydrogens is 526 g/mol. The maximum atomic E-state index is 14.5. The van der Waals surface area contributed by atoms with Crippen LogP contribution in [-0.4, -0.2) is 41.0 Å². The van der Waals surface area contributed by atoms with E-state index in [4.69, 9.17) is 4.74 Å². The number of carbonyl (C=O) groups is 3. The quantitative estimate of drug-likeness (QED) is 0.229. The summed E-state index contributed by atoms with van der Waals surface area (Å²) < 4.78 is 5.53. The molecule has 0 radical (unpaired) electrons. The Morgan fingerprint density at radius 2 is 1.50 bits per heavy atom. The van der Waals surface area contributed by atoms with Gasteiger partial charge in [0, 0.05) is 19.5 Å². The van der Waals surface area contributed by atoms with E-state index < -0.39 is 23.8 Å². The fraction of sp³-hybridized carbons (Fsp3) is 0.400. The molecule has 0 saturated carbocycles. The SMILES string of the molecule is CCCCCN(C(=O)C(Cc1ccccc1)NC(=O)OC(C)(C)C)C(C(=O)NCc1ccccc1)c1cccc(C)c1. The van der Waals surface area contributed by atoms with E-state index in [9.17, 15) is 14.4 Å². The van der Waals surface area contributed by atoms with Crippen LogP contribution in [0.25, 0.3) is 0 Å². The molecular formula is C35H45N3O4. The first-order valence-electron chi connectivity index (χ1n) is 14.8. The van der Waals surface area contributed by atoms with Crippen LogP contribution in [0, 0.1) is 6.92 Å². The molecule has 0 fully saturated rings. The van der Waals surface area contributed by atoms with Gasteiger partial charge in [0.2, 0.25) is 11.8 Å². The first-order valence-corrected chi connectivity index (χ1v) is 14.8. The smallest absolute Gasteiger partial charge is 0.408 e. The highest BCUT2D eigenvalue weighted by Gasteiger charge is 2.36. The number of hydrogen-bond acceptors (Lipinski definition) is 4. The summed E-state index contributed by atoms with van der Waals surface area (Å²) in [5.41, 5.74) is 2.84. The van der Waals surface area contributed by atoms with Crippen LogP contribution in [0.4, 0.5) is 4.79 Å². The van der Waals surface area contributed by atoms with Crippen LogP contribution in [-0.2, 0) is 27.3 Å². The van der Waals surface area contributed by atoms with Crippen LogP contribution in [0.2, 0.25) is 0 Å². The normalized spacial score (nSPS) is 12.6.